The zero-order valence-electron chi connectivity index (χ0n) is 5.48. The second-order valence-corrected chi connectivity index (χ2v) is 1.82. The van der Waals surface area contributed by atoms with Gasteiger partial charge in [0, 0.05) is 0 Å². The molecule has 0 aromatic heterocycles. The van der Waals surface area contributed by atoms with Gasteiger partial charge in [0.05, 0.1) is 0 Å². The topological polar surface area (TPSA) is 63.4 Å². The van der Waals surface area contributed by atoms with Crippen LogP contribution in [0.2, 0.25) is 0 Å². The van der Waals surface area contributed by atoms with Crippen LogP contribution in [0.3, 0.4) is 0 Å². The lowest BCUT2D eigenvalue weighted by Crippen LogP contribution is -1.65. The molecule has 0 bridgehead atoms. The fraction of sp³-hybridized carbons (Fsp3) is 0. The molecule has 1 N–H and O–H groups in total. The Morgan fingerprint density at radius 1 is 1.36 bits per heavy atom. The highest BCUT2D eigenvalue weighted by Gasteiger charge is 1.74. The molecule has 0 radical (unpaired) electrons. The van der Waals surface area contributed by atoms with E-state index in [1.165, 1.54) is 0 Å². The quantitative estimate of drug-likeness (QED) is 0.372. The number of nitrogens with zero attached hydrogens (tertiary/aromatic N) is 1. The first-order valence-electron chi connectivity index (χ1n) is 2.67. The molecule has 1 aromatic rings. The van der Waals surface area contributed by atoms with Crippen molar-refractivity contribution in [1.82, 2.24) is 0 Å². The zero-order valence-corrected chi connectivity index (χ0v) is 6.23. The van der Waals surface area contributed by atoms with Gasteiger partial charge in [0.15, 0.2) is 4.44 Å². The van der Waals surface area contributed by atoms with Crippen molar-refractivity contribution in [3.8, 4) is 5.75 Å². The van der Waals surface area contributed by atoms with E-state index < -0.39 is 4.44 Å². The summed E-state index contributed by atoms with van der Waals surface area (Å²) >= 11 is 4.00. The summed E-state index contributed by atoms with van der Waals surface area (Å²) in [6, 6.07) is 8.71. The van der Waals surface area contributed by atoms with Crippen LogP contribution in [0.1, 0.15) is 0 Å². The highest BCUT2D eigenvalue weighted by Crippen LogP contribution is 2.02. The molecule has 0 spiro atoms. The summed E-state index contributed by atoms with van der Waals surface area (Å²) in [6.45, 7) is 0. The third-order valence-electron chi connectivity index (χ3n) is 0.756. The summed E-state index contributed by atoms with van der Waals surface area (Å²) in [5.74, 6) is 0.322. The molecule has 0 aliphatic heterocycles. The molecule has 1 rings (SSSR count). The SMILES string of the molecule is O=[N+]([O-])Cl.Oc1ccccc1. The maximum absolute atomic E-state index is 8.63. The van der Waals surface area contributed by atoms with E-state index in [1.807, 2.05) is 6.07 Å². The smallest absolute Gasteiger partial charge is 0.333 e. The Bertz CT molecular complexity index is 210. The normalized spacial score (nSPS) is 7.73. The number of phenolic OH excluding ortho intramolecular Hbond substituents is 1. The maximum Gasteiger partial charge on any atom is 0.333 e. The van der Waals surface area contributed by atoms with Crippen molar-refractivity contribution in [3.05, 3.63) is 40.4 Å². The summed E-state index contributed by atoms with van der Waals surface area (Å²) in [6.07, 6.45) is 0. The second-order valence-electron chi connectivity index (χ2n) is 1.55. The standard InChI is InChI=1S/C6H6O.ClNO2/c7-6-4-2-1-3-5-6;1-2(3)4/h1-5,7H;. The Morgan fingerprint density at radius 3 is 1.91 bits per heavy atom. The van der Waals surface area contributed by atoms with Gasteiger partial charge in [0.25, 0.3) is 0 Å². The number of rotatable bonds is 0. The monoisotopic (exact) mass is 175 g/mol. The van der Waals surface area contributed by atoms with Gasteiger partial charge in [-0.25, -0.2) is 10.1 Å². The fourth-order valence-electron chi connectivity index (χ4n) is 0.428. The molecule has 0 aliphatic rings. The average Bonchev–Trinajstić information content (AvgIpc) is 1.87. The van der Waals surface area contributed by atoms with Crippen LogP contribution < -0.4 is 0 Å². The fourth-order valence-corrected chi connectivity index (χ4v) is 0.428. The van der Waals surface area contributed by atoms with Crippen LogP contribution >= 0.6 is 11.8 Å². The number of hydrogen-bond acceptors (Lipinski definition) is 3. The molecule has 11 heavy (non-hydrogen) atoms. The molecular formula is C6H6ClNO3. The Morgan fingerprint density at radius 2 is 1.73 bits per heavy atom. The molecule has 60 valence electrons. The molecule has 0 heterocycles. The Labute approximate surface area is 68.3 Å². The van der Waals surface area contributed by atoms with Crippen molar-refractivity contribution in [2.24, 2.45) is 0 Å². The summed E-state index contributed by atoms with van der Waals surface area (Å²) in [4.78, 5) is 8.57. The summed E-state index contributed by atoms with van der Waals surface area (Å²) in [5, 5.41) is 17.2. The largest absolute Gasteiger partial charge is 0.508 e. The van der Waals surface area contributed by atoms with E-state index in [9.17, 15) is 0 Å². The number of para-hydroxylation sites is 1. The number of aromatic hydroxyl groups is 1. The second kappa shape index (κ2) is 5.49. The van der Waals surface area contributed by atoms with Gasteiger partial charge in [-0.05, 0) is 12.1 Å². The van der Waals surface area contributed by atoms with E-state index in [1.54, 1.807) is 24.3 Å². The molecule has 0 unspecified atom stereocenters. The van der Waals surface area contributed by atoms with E-state index in [0.29, 0.717) is 5.75 Å². The minimum atomic E-state index is -1.03. The van der Waals surface area contributed by atoms with Crippen LogP contribution in [0.4, 0.5) is 0 Å². The zero-order chi connectivity index (χ0) is 8.69. The van der Waals surface area contributed by atoms with Crippen molar-refractivity contribution in [2.45, 2.75) is 0 Å². The van der Waals surface area contributed by atoms with E-state index in [4.69, 9.17) is 15.2 Å². The Hall–Kier alpha value is -1.29. The van der Waals surface area contributed by atoms with Crippen LogP contribution in [0.5, 0.6) is 5.75 Å². The molecule has 1 aromatic carbocycles. The van der Waals surface area contributed by atoms with E-state index >= 15 is 0 Å². The number of phenols is 1. The Kier molecular flexibility index (Phi) is 4.85. The van der Waals surface area contributed by atoms with E-state index in [2.05, 4.69) is 11.8 Å². The van der Waals surface area contributed by atoms with Gasteiger partial charge in [-0.3, -0.25) is 0 Å². The molecule has 0 aliphatic carbocycles. The van der Waals surface area contributed by atoms with Gasteiger partial charge in [-0.1, -0.05) is 18.2 Å². The third kappa shape index (κ3) is 8.71. The highest BCUT2D eigenvalue weighted by molar-refractivity contribution is 6.04. The molecule has 0 fully saturated rings. The van der Waals surface area contributed by atoms with Crippen LogP contribution in [0.15, 0.2) is 30.3 Å². The summed E-state index contributed by atoms with van der Waals surface area (Å²) in [7, 11) is 0. The maximum atomic E-state index is 8.63. The molecule has 0 amide bonds. The van der Waals surface area contributed by atoms with Gasteiger partial charge in [-0.15, -0.1) is 0 Å². The predicted octanol–water partition coefficient (Wildman–Crippen LogP) is 1.81. The predicted molar refractivity (Wildman–Crippen MR) is 41.0 cm³/mol. The van der Waals surface area contributed by atoms with Crippen molar-refractivity contribution < 1.29 is 9.55 Å². The minimum absolute atomic E-state index is 0.322. The number of halogens is 1. The summed E-state index contributed by atoms with van der Waals surface area (Å²) in [5.41, 5.74) is 0. The van der Waals surface area contributed by atoms with Crippen LogP contribution in [-0.4, -0.2) is 9.55 Å². The van der Waals surface area contributed by atoms with Crippen LogP contribution in [0, 0.1) is 10.1 Å². The van der Waals surface area contributed by atoms with Gasteiger partial charge in [0.2, 0.25) is 0 Å². The molecular weight excluding hydrogens is 170 g/mol. The highest BCUT2D eigenvalue weighted by atomic mass is 35.5. The van der Waals surface area contributed by atoms with Gasteiger partial charge in [0.1, 0.15) is 5.75 Å². The first kappa shape index (κ1) is 9.71. The Balaban J connectivity index is 0.000000218. The van der Waals surface area contributed by atoms with Gasteiger partial charge >= 0.3 is 11.8 Å². The van der Waals surface area contributed by atoms with Crippen molar-refractivity contribution in [1.29, 1.82) is 0 Å². The first-order valence-corrected chi connectivity index (χ1v) is 3.01. The van der Waals surface area contributed by atoms with E-state index in [0.717, 1.165) is 0 Å². The molecule has 4 nitrogen and oxygen atoms in total. The number of hydrogen-bond donors (Lipinski definition) is 1. The lowest BCUT2D eigenvalue weighted by Gasteiger charge is -1.82. The number of benzene rings is 1. The van der Waals surface area contributed by atoms with Gasteiger partial charge < -0.3 is 5.11 Å². The van der Waals surface area contributed by atoms with Crippen LogP contribution in [-0.2, 0) is 0 Å². The number of nitro groups is 1. The molecule has 0 atom stereocenters. The minimum Gasteiger partial charge on any atom is -0.508 e. The lowest BCUT2D eigenvalue weighted by atomic mass is 10.3. The van der Waals surface area contributed by atoms with Crippen molar-refractivity contribution >= 4 is 11.8 Å². The van der Waals surface area contributed by atoms with Crippen molar-refractivity contribution in [3.63, 3.8) is 0 Å². The van der Waals surface area contributed by atoms with Gasteiger partial charge in [-0.2, -0.15) is 0 Å². The molecule has 0 saturated heterocycles. The van der Waals surface area contributed by atoms with E-state index in [-0.39, 0.29) is 0 Å². The van der Waals surface area contributed by atoms with Crippen LogP contribution in [0.25, 0.3) is 0 Å². The lowest BCUT2D eigenvalue weighted by molar-refractivity contribution is -0.310. The molecule has 5 heteroatoms. The summed E-state index contributed by atoms with van der Waals surface area (Å²) < 4.78 is -1.03. The first-order chi connectivity index (χ1) is 5.13. The molecule has 0 saturated carbocycles. The average molecular weight is 176 g/mol. The third-order valence-corrected chi connectivity index (χ3v) is 0.756. The van der Waals surface area contributed by atoms with Crippen molar-refractivity contribution in [2.75, 3.05) is 0 Å².